The third kappa shape index (κ3) is 3.75. The molecule has 0 bridgehead atoms. The van der Waals surface area contributed by atoms with Gasteiger partial charge in [0.05, 0.1) is 13.0 Å². The molecule has 0 fully saturated rings. The van der Waals surface area contributed by atoms with Gasteiger partial charge in [-0.15, -0.1) is 11.6 Å². The second-order valence-corrected chi connectivity index (χ2v) is 5.13. The predicted octanol–water partition coefficient (Wildman–Crippen LogP) is 4.06. The van der Waals surface area contributed by atoms with Crippen LogP contribution in [0.2, 0.25) is 0 Å². The summed E-state index contributed by atoms with van der Waals surface area (Å²) in [6, 6.07) is 3.78. The molecule has 0 aliphatic heterocycles. The van der Waals surface area contributed by atoms with Crippen molar-refractivity contribution < 1.29 is 9.53 Å². The molecule has 0 amide bonds. The van der Waals surface area contributed by atoms with E-state index in [1.54, 1.807) is 6.92 Å². The van der Waals surface area contributed by atoms with E-state index >= 15 is 0 Å². The van der Waals surface area contributed by atoms with Gasteiger partial charge in [-0.1, -0.05) is 31.9 Å². The van der Waals surface area contributed by atoms with Crippen LogP contribution in [-0.2, 0) is 21.8 Å². The summed E-state index contributed by atoms with van der Waals surface area (Å²) in [5.74, 6) is 0.195. The van der Waals surface area contributed by atoms with Crippen LogP contribution in [0.25, 0.3) is 0 Å². The first-order chi connectivity index (χ1) is 7.58. The largest absolute Gasteiger partial charge is 0.466 e. The van der Waals surface area contributed by atoms with Gasteiger partial charge in [-0.2, -0.15) is 0 Å². The molecule has 0 aliphatic carbocycles. The third-order valence-electron chi connectivity index (χ3n) is 1.99. The Morgan fingerprint density at radius 3 is 2.38 bits per heavy atom. The number of carbonyl (C=O) groups excluding carboxylic acids is 1. The molecule has 1 rings (SSSR count). The van der Waals surface area contributed by atoms with Gasteiger partial charge in [0.15, 0.2) is 0 Å². The molecule has 0 spiro atoms. The molecular formula is C11H11Br2ClO2. The van der Waals surface area contributed by atoms with E-state index in [9.17, 15) is 4.79 Å². The molecule has 16 heavy (non-hydrogen) atoms. The van der Waals surface area contributed by atoms with Gasteiger partial charge in [0, 0.05) is 14.8 Å². The van der Waals surface area contributed by atoms with Gasteiger partial charge in [0.2, 0.25) is 0 Å². The van der Waals surface area contributed by atoms with Gasteiger partial charge in [-0.25, -0.2) is 0 Å². The Morgan fingerprint density at radius 1 is 1.38 bits per heavy atom. The average Bonchev–Trinajstić information content (AvgIpc) is 2.17. The van der Waals surface area contributed by atoms with Crippen LogP contribution in [0.1, 0.15) is 18.1 Å². The summed E-state index contributed by atoms with van der Waals surface area (Å²) in [7, 11) is 0. The van der Waals surface area contributed by atoms with Crippen LogP contribution in [0.5, 0.6) is 0 Å². The van der Waals surface area contributed by atoms with Crippen molar-refractivity contribution in [1.82, 2.24) is 0 Å². The van der Waals surface area contributed by atoms with Crippen LogP contribution >= 0.6 is 43.5 Å². The van der Waals surface area contributed by atoms with Gasteiger partial charge in [0.25, 0.3) is 0 Å². The summed E-state index contributed by atoms with van der Waals surface area (Å²) in [6.07, 6.45) is 0.271. The number of carbonyl (C=O) groups is 1. The van der Waals surface area contributed by atoms with E-state index in [1.165, 1.54) is 0 Å². The molecule has 0 saturated heterocycles. The van der Waals surface area contributed by atoms with Crippen LogP contribution in [-0.4, -0.2) is 12.6 Å². The van der Waals surface area contributed by atoms with Crippen molar-refractivity contribution in [2.75, 3.05) is 6.61 Å². The Bertz CT molecular complexity index is 371. The summed E-state index contributed by atoms with van der Waals surface area (Å²) in [5.41, 5.74) is 1.88. The lowest BCUT2D eigenvalue weighted by Gasteiger charge is -2.08. The van der Waals surface area contributed by atoms with Crippen molar-refractivity contribution in [2.24, 2.45) is 0 Å². The fourth-order valence-corrected chi connectivity index (χ4v) is 3.44. The number of ether oxygens (including phenoxy) is 1. The van der Waals surface area contributed by atoms with Gasteiger partial charge < -0.3 is 4.74 Å². The molecule has 0 unspecified atom stereocenters. The topological polar surface area (TPSA) is 26.3 Å². The van der Waals surface area contributed by atoms with Crippen LogP contribution < -0.4 is 0 Å². The van der Waals surface area contributed by atoms with Gasteiger partial charge in [-0.05, 0) is 30.2 Å². The lowest BCUT2D eigenvalue weighted by molar-refractivity contribution is -0.142. The Labute approximate surface area is 117 Å². The number of rotatable bonds is 4. The summed E-state index contributed by atoms with van der Waals surface area (Å²) >= 11 is 12.6. The minimum Gasteiger partial charge on any atom is -0.466 e. The van der Waals surface area contributed by atoms with Gasteiger partial charge >= 0.3 is 5.97 Å². The maximum atomic E-state index is 11.3. The standard InChI is InChI=1S/C11H11Br2ClO2/c1-2-16-11(15)5-7-3-9(12)8(6-14)10(13)4-7/h3-4H,2,5-6H2,1H3. The van der Waals surface area contributed by atoms with E-state index < -0.39 is 0 Å². The van der Waals surface area contributed by atoms with E-state index in [0.717, 1.165) is 20.1 Å². The fraction of sp³-hybridized carbons (Fsp3) is 0.364. The van der Waals surface area contributed by atoms with Crippen molar-refractivity contribution in [2.45, 2.75) is 19.2 Å². The first-order valence-corrected chi connectivity index (χ1v) is 6.89. The highest BCUT2D eigenvalue weighted by atomic mass is 79.9. The number of esters is 1. The van der Waals surface area contributed by atoms with E-state index in [1.807, 2.05) is 12.1 Å². The minimum absolute atomic E-state index is 0.222. The van der Waals surface area contributed by atoms with Gasteiger partial charge in [-0.3, -0.25) is 4.79 Å². The Hall–Kier alpha value is -0.0600. The van der Waals surface area contributed by atoms with Crippen LogP contribution in [0.3, 0.4) is 0 Å². The second kappa shape index (κ2) is 6.62. The van der Waals surface area contributed by atoms with E-state index in [2.05, 4.69) is 31.9 Å². The summed E-state index contributed by atoms with van der Waals surface area (Å²) in [6.45, 7) is 2.20. The van der Waals surface area contributed by atoms with Crippen LogP contribution in [0.15, 0.2) is 21.1 Å². The van der Waals surface area contributed by atoms with Crippen molar-refractivity contribution >= 4 is 49.4 Å². The molecule has 0 N–H and O–H groups in total. The number of halogens is 3. The van der Waals surface area contributed by atoms with E-state index in [0.29, 0.717) is 12.5 Å². The Morgan fingerprint density at radius 2 is 1.94 bits per heavy atom. The minimum atomic E-state index is -0.222. The van der Waals surface area contributed by atoms with Crippen molar-refractivity contribution in [3.05, 3.63) is 32.2 Å². The zero-order valence-corrected chi connectivity index (χ0v) is 12.7. The lowest BCUT2D eigenvalue weighted by Crippen LogP contribution is -2.07. The molecule has 88 valence electrons. The van der Waals surface area contributed by atoms with E-state index in [-0.39, 0.29) is 12.4 Å². The normalized spacial score (nSPS) is 10.2. The Balaban J connectivity index is 2.87. The summed E-state index contributed by atoms with van der Waals surface area (Å²) < 4.78 is 6.68. The molecule has 0 aliphatic rings. The number of alkyl halides is 1. The maximum Gasteiger partial charge on any atom is 0.310 e. The zero-order chi connectivity index (χ0) is 12.1. The first-order valence-electron chi connectivity index (χ1n) is 4.76. The fourth-order valence-electron chi connectivity index (χ4n) is 1.26. The summed E-state index contributed by atoms with van der Waals surface area (Å²) in [4.78, 5) is 11.3. The third-order valence-corrected chi connectivity index (χ3v) is 3.67. The Kier molecular flexibility index (Phi) is 5.79. The molecule has 0 aromatic heterocycles. The summed E-state index contributed by atoms with van der Waals surface area (Å²) in [5, 5.41) is 0. The molecular weight excluding hydrogens is 359 g/mol. The highest BCUT2D eigenvalue weighted by Gasteiger charge is 2.09. The smallest absolute Gasteiger partial charge is 0.310 e. The van der Waals surface area contributed by atoms with Gasteiger partial charge in [0.1, 0.15) is 0 Å². The molecule has 0 radical (unpaired) electrons. The SMILES string of the molecule is CCOC(=O)Cc1cc(Br)c(CCl)c(Br)c1. The molecule has 0 heterocycles. The number of hydrogen-bond acceptors (Lipinski definition) is 2. The van der Waals surface area contributed by atoms with Crippen molar-refractivity contribution in [3.63, 3.8) is 0 Å². The van der Waals surface area contributed by atoms with Crippen molar-refractivity contribution in [1.29, 1.82) is 0 Å². The van der Waals surface area contributed by atoms with Crippen molar-refractivity contribution in [3.8, 4) is 0 Å². The van der Waals surface area contributed by atoms with Crippen LogP contribution in [0.4, 0.5) is 0 Å². The monoisotopic (exact) mass is 368 g/mol. The number of benzene rings is 1. The predicted molar refractivity (Wildman–Crippen MR) is 71.7 cm³/mol. The lowest BCUT2D eigenvalue weighted by atomic mass is 10.1. The average molecular weight is 370 g/mol. The molecule has 1 aromatic carbocycles. The second-order valence-electron chi connectivity index (χ2n) is 3.15. The number of hydrogen-bond donors (Lipinski definition) is 0. The molecule has 0 saturated carbocycles. The quantitative estimate of drug-likeness (QED) is 0.590. The maximum absolute atomic E-state index is 11.3. The molecule has 1 aromatic rings. The van der Waals surface area contributed by atoms with E-state index in [4.69, 9.17) is 16.3 Å². The molecule has 2 nitrogen and oxygen atoms in total. The highest BCUT2D eigenvalue weighted by molar-refractivity contribution is 9.11. The first kappa shape index (κ1) is 14.0. The molecule has 0 atom stereocenters. The van der Waals surface area contributed by atoms with Crippen LogP contribution in [0, 0.1) is 0 Å². The highest BCUT2D eigenvalue weighted by Crippen LogP contribution is 2.29. The zero-order valence-electron chi connectivity index (χ0n) is 8.73. The molecule has 5 heteroatoms.